The molecule has 1 atom stereocenters. The predicted octanol–water partition coefficient (Wildman–Crippen LogP) is 3.17. The number of nitrogens with zero attached hydrogens (tertiary/aromatic N) is 2. The van der Waals surface area contributed by atoms with Crippen molar-refractivity contribution in [3.63, 3.8) is 0 Å². The smallest absolute Gasteiger partial charge is 0.276 e. The first-order valence-corrected chi connectivity index (χ1v) is 6.58. The van der Waals surface area contributed by atoms with E-state index in [9.17, 15) is 4.39 Å². The fourth-order valence-electron chi connectivity index (χ4n) is 1.24. The van der Waals surface area contributed by atoms with Crippen LogP contribution in [0.1, 0.15) is 24.4 Å². The average Bonchev–Trinajstić information content (AvgIpc) is 2.76. The molecule has 2 rings (SSSR count). The molecule has 1 heterocycles. The van der Waals surface area contributed by atoms with Crippen LogP contribution in [0.15, 0.2) is 27.8 Å². The molecule has 1 aromatic carbocycles. The molecule has 0 saturated heterocycles. The first-order valence-electron chi connectivity index (χ1n) is 5.22. The minimum absolute atomic E-state index is 0.291. The standard InChI is InChI=1S/C11H11ClFN3OS/c1-6(14)10-15-16-11(17-10)18-5-7-2-3-8(13)4-9(7)12/h2-4,6H,5,14H2,1H3. The minimum atomic E-state index is -0.356. The van der Waals surface area contributed by atoms with E-state index in [-0.39, 0.29) is 11.9 Å². The molecule has 7 heteroatoms. The van der Waals surface area contributed by atoms with Gasteiger partial charge in [0, 0.05) is 10.8 Å². The Labute approximate surface area is 113 Å². The van der Waals surface area contributed by atoms with Gasteiger partial charge in [0.25, 0.3) is 5.22 Å². The maximum atomic E-state index is 12.9. The Balaban J connectivity index is 2.02. The Hall–Kier alpha value is -1.11. The van der Waals surface area contributed by atoms with Gasteiger partial charge < -0.3 is 10.2 Å². The van der Waals surface area contributed by atoms with Gasteiger partial charge >= 0.3 is 0 Å². The summed E-state index contributed by atoms with van der Waals surface area (Å²) in [6.07, 6.45) is 0. The Bertz CT molecular complexity index is 547. The molecule has 0 spiro atoms. The summed E-state index contributed by atoms with van der Waals surface area (Å²) >= 11 is 7.24. The van der Waals surface area contributed by atoms with Crippen molar-refractivity contribution in [2.24, 2.45) is 5.73 Å². The van der Waals surface area contributed by atoms with Gasteiger partial charge in [0.15, 0.2) is 0 Å². The van der Waals surface area contributed by atoms with E-state index in [0.717, 1.165) is 5.56 Å². The van der Waals surface area contributed by atoms with E-state index >= 15 is 0 Å². The van der Waals surface area contributed by atoms with Crippen LogP contribution < -0.4 is 5.73 Å². The number of hydrogen-bond donors (Lipinski definition) is 1. The third kappa shape index (κ3) is 3.22. The summed E-state index contributed by atoms with van der Waals surface area (Å²) in [6, 6.07) is 3.98. The molecule has 1 aromatic heterocycles. The second kappa shape index (κ2) is 5.69. The molecule has 2 N–H and O–H groups in total. The zero-order valence-electron chi connectivity index (χ0n) is 9.56. The Morgan fingerprint density at radius 2 is 2.28 bits per heavy atom. The van der Waals surface area contributed by atoms with E-state index in [1.807, 2.05) is 0 Å². The molecule has 0 aliphatic heterocycles. The number of benzene rings is 1. The molecule has 1 unspecified atom stereocenters. The highest BCUT2D eigenvalue weighted by molar-refractivity contribution is 7.98. The first kappa shape index (κ1) is 13.3. The van der Waals surface area contributed by atoms with Gasteiger partial charge in [0.1, 0.15) is 5.82 Å². The summed E-state index contributed by atoms with van der Waals surface area (Å²) in [6.45, 7) is 1.76. The molecule has 4 nitrogen and oxygen atoms in total. The molecular weight excluding hydrogens is 277 g/mol. The number of hydrogen-bond acceptors (Lipinski definition) is 5. The van der Waals surface area contributed by atoms with Crippen molar-refractivity contribution in [1.29, 1.82) is 0 Å². The fourth-order valence-corrected chi connectivity index (χ4v) is 2.33. The topological polar surface area (TPSA) is 64.9 Å². The van der Waals surface area contributed by atoms with Gasteiger partial charge in [-0.1, -0.05) is 29.4 Å². The molecule has 18 heavy (non-hydrogen) atoms. The molecule has 0 bridgehead atoms. The van der Waals surface area contributed by atoms with E-state index in [2.05, 4.69) is 10.2 Å². The quantitative estimate of drug-likeness (QED) is 0.875. The molecule has 2 aromatic rings. The number of thioether (sulfide) groups is 1. The molecule has 96 valence electrons. The lowest BCUT2D eigenvalue weighted by molar-refractivity contribution is 0.394. The van der Waals surface area contributed by atoms with Gasteiger partial charge in [0.05, 0.1) is 6.04 Å². The summed E-state index contributed by atoms with van der Waals surface area (Å²) in [5.41, 5.74) is 6.42. The molecule has 0 fully saturated rings. The summed E-state index contributed by atoms with van der Waals surface area (Å²) in [5, 5.41) is 8.46. The zero-order valence-corrected chi connectivity index (χ0v) is 11.1. The molecule has 0 aliphatic carbocycles. The van der Waals surface area contributed by atoms with Crippen molar-refractivity contribution in [2.75, 3.05) is 0 Å². The van der Waals surface area contributed by atoms with Crippen LogP contribution in [0.25, 0.3) is 0 Å². The van der Waals surface area contributed by atoms with Crippen LogP contribution in [0.3, 0.4) is 0 Å². The van der Waals surface area contributed by atoms with Gasteiger partial charge in [-0.25, -0.2) is 4.39 Å². The Kier molecular flexibility index (Phi) is 4.21. The van der Waals surface area contributed by atoms with E-state index in [4.69, 9.17) is 21.8 Å². The normalized spacial score (nSPS) is 12.7. The number of rotatable bonds is 4. The molecule has 0 aliphatic rings. The fraction of sp³-hybridized carbons (Fsp3) is 0.273. The van der Waals surface area contributed by atoms with Gasteiger partial charge in [0.2, 0.25) is 5.89 Å². The van der Waals surface area contributed by atoms with Crippen molar-refractivity contribution in [3.8, 4) is 0 Å². The van der Waals surface area contributed by atoms with E-state index in [1.54, 1.807) is 13.0 Å². The Morgan fingerprint density at radius 1 is 1.50 bits per heavy atom. The van der Waals surface area contributed by atoms with Gasteiger partial charge in [-0.05, 0) is 24.6 Å². The third-order valence-corrected chi connectivity index (χ3v) is 3.40. The minimum Gasteiger partial charge on any atom is -0.414 e. The lowest BCUT2D eigenvalue weighted by atomic mass is 10.2. The van der Waals surface area contributed by atoms with E-state index in [1.165, 1.54) is 23.9 Å². The highest BCUT2D eigenvalue weighted by atomic mass is 35.5. The monoisotopic (exact) mass is 287 g/mol. The van der Waals surface area contributed by atoms with Crippen molar-refractivity contribution < 1.29 is 8.81 Å². The maximum Gasteiger partial charge on any atom is 0.276 e. The second-order valence-electron chi connectivity index (χ2n) is 3.72. The van der Waals surface area contributed by atoms with Crippen LogP contribution in [-0.2, 0) is 5.75 Å². The highest BCUT2D eigenvalue weighted by Crippen LogP contribution is 2.27. The molecule has 0 radical (unpaired) electrons. The second-order valence-corrected chi connectivity index (χ2v) is 5.05. The van der Waals surface area contributed by atoms with Crippen LogP contribution in [0.2, 0.25) is 5.02 Å². The highest BCUT2D eigenvalue weighted by Gasteiger charge is 2.11. The lowest BCUT2D eigenvalue weighted by Gasteiger charge is -2.01. The SMILES string of the molecule is CC(N)c1nnc(SCc2ccc(F)cc2Cl)o1. The van der Waals surface area contributed by atoms with Crippen molar-refractivity contribution in [1.82, 2.24) is 10.2 Å². The van der Waals surface area contributed by atoms with E-state index in [0.29, 0.717) is 21.9 Å². The summed E-state index contributed by atoms with van der Waals surface area (Å²) in [4.78, 5) is 0. The van der Waals surface area contributed by atoms with Gasteiger partial charge in [-0.15, -0.1) is 10.2 Å². The maximum absolute atomic E-state index is 12.9. The van der Waals surface area contributed by atoms with E-state index < -0.39 is 0 Å². The summed E-state index contributed by atoms with van der Waals surface area (Å²) in [5.74, 6) is 0.563. The zero-order chi connectivity index (χ0) is 13.1. The summed E-state index contributed by atoms with van der Waals surface area (Å²) < 4.78 is 18.2. The number of nitrogens with two attached hydrogens (primary N) is 1. The largest absolute Gasteiger partial charge is 0.414 e. The average molecular weight is 288 g/mol. The Morgan fingerprint density at radius 3 is 2.89 bits per heavy atom. The van der Waals surface area contributed by atoms with Crippen LogP contribution in [0, 0.1) is 5.82 Å². The van der Waals surface area contributed by atoms with Crippen molar-refractivity contribution in [2.45, 2.75) is 23.9 Å². The van der Waals surface area contributed by atoms with Crippen LogP contribution in [0.5, 0.6) is 0 Å². The lowest BCUT2D eigenvalue weighted by Crippen LogP contribution is -2.04. The molecular formula is C11H11ClFN3OS. The summed E-state index contributed by atoms with van der Waals surface area (Å²) in [7, 11) is 0. The number of halogens is 2. The first-order chi connectivity index (χ1) is 8.56. The third-order valence-electron chi connectivity index (χ3n) is 2.18. The van der Waals surface area contributed by atoms with Crippen LogP contribution in [-0.4, -0.2) is 10.2 Å². The van der Waals surface area contributed by atoms with Crippen molar-refractivity contribution >= 4 is 23.4 Å². The number of aromatic nitrogens is 2. The predicted molar refractivity (Wildman–Crippen MR) is 67.9 cm³/mol. The van der Waals surface area contributed by atoms with Crippen molar-refractivity contribution in [3.05, 3.63) is 40.5 Å². The van der Waals surface area contributed by atoms with Crippen LogP contribution in [0.4, 0.5) is 4.39 Å². The molecule has 0 amide bonds. The molecule has 0 saturated carbocycles. The van der Waals surface area contributed by atoms with Crippen LogP contribution >= 0.6 is 23.4 Å². The van der Waals surface area contributed by atoms with Gasteiger partial charge in [-0.3, -0.25) is 0 Å². The van der Waals surface area contributed by atoms with Gasteiger partial charge in [-0.2, -0.15) is 0 Å².